The van der Waals surface area contributed by atoms with Gasteiger partial charge in [-0.3, -0.25) is 0 Å². The highest BCUT2D eigenvalue weighted by Gasteiger charge is 2.36. The molecule has 0 fully saturated rings. The summed E-state index contributed by atoms with van der Waals surface area (Å²) in [7, 11) is -3.22. The highest BCUT2D eigenvalue weighted by molar-refractivity contribution is 7.86. The first kappa shape index (κ1) is 18.9. The van der Waals surface area contributed by atoms with E-state index in [1.165, 1.54) is 0 Å². The molecule has 146 valence electrons. The number of hydrogen-bond donors (Lipinski definition) is 0. The topological polar surface area (TPSA) is 30.2 Å². The van der Waals surface area contributed by atoms with Gasteiger partial charge in [0.05, 0.1) is 5.30 Å². The zero-order chi connectivity index (χ0) is 20.6. The van der Waals surface area contributed by atoms with E-state index in [-0.39, 0.29) is 0 Å². The van der Waals surface area contributed by atoms with E-state index in [0.717, 1.165) is 26.9 Å². The van der Waals surface area contributed by atoms with Crippen LogP contribution in [-0.2, 0) is 4.57 Å². The van der Waals surface area contributed by atoms with Gasteiger partial charge in [0.25, 0.3) is 0 Å². The maximum absolute atomic E-state index is 15.1. The van der Waals surface area contributed by atoms with Crippen LogP contribution in [0.2, 0.25) is 5.02 Å². The van der Waals surface area contributed by atoms with Gasteiger partial charge in [-0.1, -0.05) is 90.5 Å². The standard InChI is InChI=1S/C26H18ClO2P/c27-20-17-15-19(16-18-20)25-26(23-13-7-8-14-24(23)29-25)30(28,21-9-3-1-4-10-21)22-11-5-2-6-12-22/h1-18H. The predicted octanol–water partition coefficient (Wildman–Crippen LogP) is 6.39. The molecule has 5 rings (SSSR count). The van der Waals surface area contributed by atoms with E-state index in [9.17, 15) is 0 Å². The van der Waals surface area contributed by atoms with Crippen LogP contribution in [0.1, 0.15) is 0 Å². The second-order valence-corrected chi connectivity index (χ2v) is 10.2. The Morgan fingerprint density at radius 1 is 0.633 bits per heavy atom. The molecule has 0 atom stereocenters. The van der Waals surface area contributed by atoms with E-state index in [2.05, 4.69) is 0 Å². The van der Waals surface area contributed by atoms with Crippen molar-refractivity contribution in [2.24, 2.45) is 0 Å². The average Bonchev–Trinajstić information content (AvgIpc) is 3.20. The summed E-state index contributed by atoms with van der Waals surface area (Å²) in [4.78, 5) is 0. The van der Waals surface area contributed by atoms with Gasteiger partial charge in [0.2, 0.25) is 0 Å². The van der Waals surface area contributed by atoms with Crippen LogP contribution in [0.3, 0.4) is 0 Å². The minimum Gasteiger partial charge on any atom is -0.455 e. The molecule has 0 aliphatic heterocycles. The number of halogens is 1. The minimum atomic E-state index is -3.22. The SMILES string of the molecule is O=P(c1ccccc1)(c1ccccc1)c1c(-c2ccc(Cl)cc2)oc2ccccc12. The summed E-state index contributed by atoms with van der Waals surface area (Å²) in [5.74, 6) is 0.615. The van der Waals surface area contributed by atoms with Gasteiger partial charge < -0.3 is 8.98 Å². The molecule has 0 unspecified atom stereocenters. The van der Waals surface area contributed by atoms with E-state index < -0.39 is 7.14 Å². The van der Waals surface area contributed by atoms with Gasteiger partial charge in [-0.15, -0.1) is 0 Å². The summed E-state index contributed by atoms with van der Waals surface area (Å²) in [6.07, 6.45) is 0. The van der Waals surface area contributed by atoms with Gasteiger partial charge in [0, 0.05) is 26.6 Å². The van der Waals surface area contributed by atoms with Crippen LogP contribution in [-0.4, -0.2) is 0 Å². The van der Waals surface area contributed by atoms with Gasteiger partial charge in [0.1, 0.15) is 11.3 Å². The molecule has 4 heteroatoms. The summed E-state index contributed by atoms with van der Waals surface area (Å²) in [6, 6.07) is 34.5. The molecule has 4 aromatic carbocycles. The van der Waals surface area contributed by atoms with E-state index in [1.807, 2.05) is 109 Å². The maximum Gasteiger partial charge on any atom is 0.175 e. The molecular weight excluding hydrogens is 411 g/mol. The second-order valence-electron chi connectivity index (χ2n) is 7.06. The van der Waals surface area contributed by atoms with Crippen molar-refractivity contribution in [3.8, 4) is 11.3 Å². The fourth-order valence-corrected chi connectivity index (χ4v) is 6.93. The normalized spacial score (nSPS) is 11.6. The fourth-order valence-electron chi connectivity index (χ4n) is 3.82. The third kappa shape index (κ3) is 3.10. The maximum atomic E-state index is 15.1. The molecule has 0 saturated heterocycles. The smallest absolute Gasteiger partial charge is 0.175 e. The van der Waals surface area contributed by atoms with Crippen molar-refractivity contribution in [2.45, 2.75) is 0 Å². The minimum absolute atomic E-state index is 0.615. The van der Waals surface area contributed by atoms with Gasteiger partial charge in [0.15, 0.2) is 7.14 Å². The Morgan fingerprint density at radius 3 is 1.77 bits per heavy atom. The van der Waals surface area contributed by atoms with Crippen LogP contribution in [0.25, 0.3) is 22.3 Å². The Bertz CT molecular complexity index is 1310. The van der Waals surface area contributed by atoms with Crippen molar-refractivity contribution in [3.63, 3.8) is 0 Å². The molecule has 30 heavy (non-hydrogen) atoms. The lowest BCUT2D eigenvalue weighted by atomic mass is 10.1. The average molecular weight is 429 g/mol. The largest absolute Gasteiger partial charge is 0.455 e. The molecule has 2 nitrogen and oxygen atoms in total. The zero-order valence-corrected chi connectivity index (χ0v) is 17.7. The monoisotopic (exact) mass is 428 g/mol. The molecule has 0 bridgehead atoms. The summed E-state index contributed by atoms with van der Waals surface area (Å²) in [5.41, 5.74) is 1.56. The molecule has 1 heterocycles. The number of furan rings is 1. The lowest BCUT2D eigenvalue weighted by Crippen LogP contribution is -2.25. The van der Waals surface area contributed by atoms with Crippen molar-refractivity contribution in [2.75, 3.05) is 0 Å². The molecule has 5 aromatic rings. The van der Waals surface area contributed by atoms with Gasteiger partial charge >= 0.3 is 0 Å². The van der Waals surface area contributed by atoms with Crippen LogP contribution in [0.4, 0.5) is 0 Å². The fraction of sp³-hybridized carbons (Fsp3) is 0. The molecule has 1 aromatic heterocycles. The molecule has 0 saturated carbocycles. The van der Waals surface area contributed by atoms with Crippen molar-refractivity contribution in [1.29, 1.82) is 0 Å². The Kier molecular flexibility index (Phi) is 4.83. The van der Waals surface area contributed by atoms with E-state index >= 15 is 4.57 Å². The van der Waals surface area contributed by atoms with E-state index in [4.69, 9.17) is 16.0 Å². The van der Waals surface area contributed by atoms with E-state index in [0.29, 0.717) is 16.4 Å². The Hall–Kier alpha value is -3.06. The van der Waals surface area contributed by atoms with Crippen molar-refractivity contribution < 1.29 is 8.98 Å². The van der Waals surface area contributed by atoms with Gasteiger partial charge in [-0.25, -0.2) is 0 Å². The number of hydrogen-bond acceptors (Lipinski definition) is 2. The molecular formula is C26H18ClO2P. The zero-order valence-electron chi connectivity index (χ0n) is 16.0. The van der Waals surface area contributed by atoms with Crippen molar-refractivity contribution in [1.82, 2.24) is 0 Å². The Labute approximate surface area is 180 Å². The van der Waals surface area contributed by atoms with Crippen molar-refractivity contribution in [3.05, 3.63) is 114 Å². The lowest BCUT2D eigenvalue weighted by Gasteiger charge is -2.20. The first-order chi connectivity index (χ1) is 14.7. The lowest BCUT2D eigenvalue weighted by molar-refractivity contribution is 0.591. The number of rotatable bonds is 4. The first-order valence-electron chi connectivity index (χ1n) is 9.67. The number of fused-ring (bicyclic) bond motifs is 1. The number of benzene rings is 4. The van der Waals surface area contributed by atoms with Crippen molar-refractivity contribution >= 4 is 45.6 Å². The Morgan fingerprint density at radius 2 is 1.17 bits per heavy atom. The van der Waals surface area contributed by atoms with Crippen LogP contribution >= 0.6 is 18.7 Å². The molecule has 0 amide bonds. The summed E-state index contributed by atoms with van der Waals surface area (Å²) in [6.45, 7) is 0. The number of para-hydroxylation sites is 1. The van der Waals surface area contributed by atoms with Gasteiger partial charge in [-0.05, 0) is 30.3 Å². The summed E-state index contributed by atoms with van der Waals surface area (Å²) >= 11 is 6.11. The molecule has 0 aliphatic carbocycles. The third-order valence-electron chi connectivity index (χ3n) is 5.23. The first-order valence-corrected chi connectivity index (χ1v) is 11.8. The van der Waals surface area contributed by atoms with Crippen LogP contribution in [0.15, 0.2) is 114 Å². The quantitative estimate of drug-likeness (QED) is 0.310. The highest BCUT2D eigenvalue weighted by atomic mass is 35.5. The van der Waals surface area contributed by atoms with Crippen LogP contribution in [0, 0.1) is 0 Å². The predicted molar refractivity (Wildman–Crippen MR) is 126 cm³/mol. The third-order valence-corrected chi connectivity index (χ3v) is 8.61. The summed E-state index contributed by atoms with van der Waals surface area (Å²) in [5, 5.41) is 3.78. The van der Waals surface area contributed by atoms with Crippen LogP contribution in [0.5, 0.6) is 0 Å². The molecule has 0 N–H and O–H groups in total. The molecule has 0 spiro atoms. The highest BCUT2D eigenvalue weighted by Crippen LogP contribution is 2.48. The van der Waals surface area contributed by atoms with Gasteiger partial charge in [-0.2, -0.15) is 0 Å². The van der Waals surface area contributed by atoms with E-state index in [1.54, 1.807) is 0 Å². The molecule has 0 radical (unpaired) electrons. The second kappa shape index (κ2) is 7.65. The molecule has 0 aliphatic rings. The Balaban J connectivity index is 1.91. The van der Waals surface area contributed by atoms with Crippen LogP contribution < -0.4 is 15.9 Å². The summed E-state index contributed by atoms with van der Waals surface area (Å²) < 4.78 is 21.4.